The van der Waals surface area contributed by atoms with E-state index in [-0.39, 0.29) is 11.8 Å². The van der Waals surface area contributed by atoms with Crippen LogP contribution in [0.2, 0.25) is 0 Å². The van der Waals surface area contributed by atoms with E-state index in [0.717, 1.165) is 50.1 Å². The van der Waals surface area contributed by atoms with Crippen LogP contribution in [0.3, 0.4) is 0 Å². The molecule has 8 aliphatic rings. The molecule has 6 saturated heterocycles. The van der Waals surface area contributed by atoms with Crippen molar-refractivity contribution in [2.45, 2.75) is 277 Å². The Morgan fingerprint density at radius 3 is 0.861 bits per heavy atom. The summed E-state index contributed by atoms with van der Waals surface area (Å²) < 4.78 is 79.7. The van der Waals surface area contributed by atoms with Crippen LogP contribution in [0, 0.1) is 39.4 Å². The monoisotopic (exact) mass is 1140 g/mol. The summed E-state index contributed by atoms with van der Waals surface area (Å²) in [6, 6.07) is 1.46. The van der Waals surface area contributed by atoms with Gasteiger partial charge >= 0.3 is 12.4 Å². The molecule has 0 spiro atoms. The zero-order valence-electron chi connectivity index (χ0n) is 55.5. The lowest BCUT2D eigenvalue weighted by Crippen LogP contribution is -2.44. The van der Waals surface area contributed by atoms with Gasteiger partial charge in [0.25, 0.3) is 0 Å². The zero-order valence-corrected chi connectivity index (χ0v) is 55.5. The predicted octanol–water partition coefficient (Wildman–Crippen LogP) is 17.6. The molecule has 0 aromatic rings. The SMILES string of the molecule is CC(C)(C)C1(C(F)(F)F)CC1.CC(C)(C)CC1(C(F)(F)F)CC1.CC(C)(C)N1CCCCC1.CC(C)CN1CCCC1.CC(C)CN1CCCCC1.CC(C)CN1CCCCC1.CC(C)N1CCCC1.CC(C)N1CCOCC1. The third-order valence-electron chi connectivity index (χ3n) is 17.0. The van der Waals surface area contributed by atoms with Crippen LogP contribution in [0.5, 0.6) is 0 Å². The minimum atomic E-state index is -4.01. The first-order chi connectivity index (χ1) is 36.4. The maximum Gasteiger partial charge on any atom is 0.395 e. The van der Waals surface area contributed by atoms with E-state index in [1.807, 2.05) is 20.8 Å². The molecule has 0 radical (unpaired) electrons. The molecule has 2 aliphatic carbocycles. The molecule has 0 N–H and O–H groups in total. The largest absolute Gasteiger partial charge is 0.395 e. The van der Waals surface area contributed by atoms with Gasteiger partial charge in [0, 0.05) is 50.3 Å². The molecule has 0 aromatic carbocycles. The van der Waals surface area contributed by atoms with Gasteiger partial charge in [0.05, 0.1) is 24.0 Å². The number of nitrogens with zero attached hydrogens (tertiary/aromatic N) is 6. The molecule has 8 rings (SSSR count). The normalized spacial score (nSPS) is 22.6. The third-order valence-corrected chi connectivity index (χ3v) is 17.0. The van der Waals surface area contributed by atoms with Crippen molar-refractivity contribution in [2.24, 2.45) is 39.4 Å². The van der Waals surface area contributed by atoms with Gasteiger partial charge in [-0.3, -0.25) is 9.80 Å². The number of hydrogen-bond acceptors (Lipinski definition) is 7. The van der Waals surface area contributed by atoms with Gasteiger partial charge in [0.15, 0.2) is 0 Å². The summed E-state index contributed by atoms with van der Waals surface area (Å²) >= 11 is 0. The van der Waals surface area contributed by atoms with Crippen molar-refractivity contribution < 1.29 is 31.1 Å². The lowest BCUT2D eigenvalue weighted by molar-refractivity contribution is -0.215. The van der Waals surface area contributed by atoms with Gasteiger partial charge in [-0.25, -0.2) is 0 Å². The molecule has 6 aliphatic heterocycles. The number of piperidine rings is 3. The summed E-state index contributed by atoms with van der Waals surface area (Å²) in [6.45, 7) is 61.6. The van der Waals surface area contributed by atoms with Crippen LogP contribution in [0.1, 0.15) is 247 Å². The van der Waals surface area contributed by atoms with Gasteiger partial charge in [-0.05, 0) is 239 Å². The average Bonchev–Trinajstić information content (AvgIpc) is 4.21. The second-order valence-electron chi connectivity index (χ2n) is 30.1. The molecule has 7 nitrogen and oxygen atoms in total. The minimum absolute atomic E-state index is 0.216. The van der Waals surface area contributed by atoms with Crippen molar-refractivity contribution in [1.29, 1.82) is 0 Å². The number of alkyl halides is 6. The second-order valence-corrected chi connectivity index (χ2v) is 30.1. The topological polar surface area (TPSA) is 28.7 Å². The van der Waals surface area contributed by atoms with Gasteiger partial charge in [-0.2, -0.15) is 26.3 Å². The van der Waals surface area contributed by atoms with E-state index < -0.39 is 28.6 Å². The zero-order chi connectivity index (χ0) is 60.3. The summed E-state index contributed by atoms with van der Waals surface area (Å²) in [5, 5.41) is 0. The first kappa shape index (κ1) is 76.3. The van der Waals surface area contributed by atoms with Gasteiger partial charge in [-0.15, -0.1) is 0 Å². The van der Waals surface area contributed by atoms with Crippen molar-refractivity contribution in [2.75, 3.05) is 111 Å². The highest BCUT2D eigenvalue weighted by Crippen LogP contribution is 2.67. The summed E-state index contributed by atoms with van der Waals surface area (Å²) in [5.74, 6) is 2.54. The molecule has 0 amide bonds. The fourth-order valence-electron chi connectivity index (χ4n) is 12.0. The molecule has 13 heteroatoms. The Hall–Kier alpha value is -0.700. The fourth-order valence-corrected chi connectivity index (χ4v) is 12.0. The Bertz CT molecular complexity index is 1430. The van der Waals surface area contributed by atoms with Gasteiger partial charge in [0.1, 0.15) is 0 Å². The van der Waals surface area contributed by atoms with Gasteiger partial charge < -0.3 is 24.3 Å². The second kappa shape index (κ2) is 37.0. The maximum absolute atomic E-state index is 12.4. The summed E-state index contributed by atoms with van der Waals surface area (Å²) in [4.78, 5) is 15.3. The molecule has 0 aromatic heterocycles. The van der Waals surface area contributed by atoms with E-state index in [4.69, 9.17) is 4.74 Å². The molecule has 79 heavy (non-hydrogen) atoms. The van der Waals surface area contributed by atoms with E-state index in [1.54, 1.807) is 20.8 Å². The highest BCUT2D eigenvalue weighted by molar-refractivity contribution is 5.06. The predicted molar refractivity (Wildman–Crippen MR) is 328 cm³/mol. The smallest absolute Gasteiger partial charge is 0.379 e. The summed E-state index contributed by atoms with van der Waals surface area (Å²) in [7, 11) is 0. The lowest BCUT2D eigenvalue weighted by atomic mass is 9.77. The van der Waals surface area contributed by atoms with Gasteiger partial charge in [0.2, 0.25) is 0 Å². The van der Waals surface area contributed by atoms with E-state index in [1.165, 1.54) is 169 Å². The van der Waals surface area contributed by atoms with Crippen LogP contribution in [0.4, 0.5) is 26.3 Å². The Kier molecular flexibility index (Phi) is 35.7. The lowest BCUT2D eigenvalue weighted by Gasteiger charge is -2.38. The average molecular weight is 1140 g/mol. The van der Waals surface area contributed by atoms with Crippen molar-refractivity contribution >= 4 is 0 Å². The number of hydrogen-bond donors (Lipinski definition) is 0. The van der Waals surface area contributed by atoms with Crippen LogP contribution >= 0.6 is 0 Å². The number of rotatable bonds is 9. The Labute approximate surface area is 486 Å². The van der Waals surface area contributed by atoms with Crippen molar-refractivity contribution in [3.05, 3.63) is 0 Å². The number of ether oxygens (including phenoxy) is 1. The molecule has 0 atom stereocenters. The van der Waals surface area contributed by atoms with Crippen LogP contribution in [-0.2, 0) is 4.74 Å². The molecule has 6 heterocycles. The van der Waals surface area contributed by atoms with Crippen molar-refractivity contribution in [3.63, 3.8) is 0 Å². The van der Waals surface area contributed by atoms with E-state index in [0.29, 0.717) is 37.3 Å². The third kappa shape index (κ3) is 33.5. The van der Waals surface area contributed by atoms with Crippen LogP contribution in [0.15, 0.2) is 0 Å². The maximum atomic E-state index is 12.4. The number of halogens is 6. The van der Waals surface area contributed by atoms with Crippen LogP contribution in [0.25, 0.3) is 0 Å². The molecule has 2 saturated carbocycles. The number of likely N-dealkylation sites (tertiary alicyclic amines) is 5. The van der Waals surface area contributed by atoms with E-state index in [9.17, 15) is 26.3 Å². The van der Waals surface area contributed by atoms with E-state index >= 15 is 0 Å². The Balaban J connectivity index is 0.000000452. The van der Waals surface area contributed by atoms with Gasteiger partial charge in [-0.1, -0.05) is 102 Å². The highest BCUT2D eigenvalue weighted by Gasteiger charge is 2.68. The Morgan fingerprint density at radius 1 is 0.380 bits per heavy atom. The highest BCUT2D eigenvalue weighted by atomic mass is 19.4. The molecule has 0 bridgehead atoms. The quantitative estimate of drug-likeness (QED) is 0.213. The number of morpholine rings is 1. The molecule has 474 valence electrons. The first-order valence-corrected chi connectivity index (χ1v) is 32.6. The van der Waals surface area contributed by atoms with E-state index in [2.05, 4.69) is 119 Å². The van der Waals surface area contributed by atoms with Crippen molar-refractivity contribution in [1.82, 2.24) is 29.4 Å². The fraction of sp³-hybridized carbons (Fsp3) is 1.00. The molecule has 0 unspecified atom stereocenters. The minimum Gasteiger partial charge on any atom is -0.379 e. The Morgan fingerprint density at radius 2 is 0.684 bits per heavy atom. The molecule has 8 fully saturated rings. The molecular weight excluding hydrogens is 1010 g/mol. The molecular formula is C66H132F6N6O. The first-order valence-electron chi connectivity index (χ1n) is 32.6. The standard InChI is InChI=1S/C9H15F3.3C9H19N.C8H13F3.C8H17N.C7H15NO.C7H15N/c1-7(2,3)6-8(4-5-8)9(10,11)12;1-9(2,3)10-7-5-4-6-8-10;2*1-9(2)8-10-6-4-3-5-7-10;1-6(2,3)7(4-5-7)8(9,10)11;1-8(2)7-9-5-3-4-6-9;1-7(2)8-3-5-9-6-4-8;1-7(2)8-5-3-4-6-8/h4-6H2,1-3H3;4-8H2,1-3H3;2*9H,3-8H2,1-2H3;4-5H2,1-3H3;8H,3-7H2,1-2H3;7H,3-6H2,1-2H3;7H,3-6H2,1-2H3. The summed E-state index contributed by atoms with van der Waals surface area (Å²) in [5.41, 5.74) is -3.15. The summed E-state index contributed by atoms with van der Waals surface area (Å²) in [6.07, 6.45) is 12.1. The van der Waals surface area contributed by atoms with Crippen LogP contribution < -0.4 is 0 Å². The van der Waals surface area contributed by atoms with Crippen LogP contribution in [-0.4, -0.2) is 171 Å². The van der Waals surface area contributed by atoms with Crippen molar-refractivity contribution in [3.8, 4) is 0 Å².